The monoisotopic (exact) mass is 352 g/mol. The highest BCUT2D eigenvalue weighted by molar-refractivity contribution is 6.16. The van der Waals surface area contributed by atoms with Gasteiger partial charge in [-0.05, 0) is 6.07 Å². The number of nitrogens with one attached hydrogen (secondary N) is 2. The van der Waals surface area contributed by atoms with Crippen molar-refractivity contribution in [2.45, 2.75) is 6.92 Å². The second kappa shape index (κ2) is 6.83. The van der Waals surface area contributed by atoms with Gasteiger partial charge >= 0.3 is 12.2 Å². The van der Waals surface area contributed by atoms with Crippen molar-refractivity contribution in [2.24, 2.45) is 0 Å². The average Bonchev–Trinajstić information content (AvgIpc) is 3.09. The molecule has 2 N–H and O–H groups in total. The Morgan fingerprint density at radius 3 is 2.00 bits per heavy atom. The maximum absolute atomic E-state index is 11.8. The molecule has 130 valence electrons. The van der Waals surface area contributed by atoms with Crippen LogP contribution in [0.15, 0.2) is 34.7 Å². The highest BCUT2D eigenvalue weighted by atomic mass is 16.6. The van der Waals surface area contributed by atoms with Gasteiger partial charge in [-0.2, -0.15) is 0 Å². The fourth-order valence-electron chi connectivity index (χ4n) is 2.55. The van der Waals surface area contributed by atoms with Gasteiger partial charge in [0.1, 0.15) is 0 Å². The Hall–Kier alpha value is -3.42. The molecule has 10 heteroatoms. The van der Waals surface area contributed by atoms with Gasteiger partial charge in [0, 0.05) is 17.7 Å². The Labute approximate surface area is 149 Å². The van der Waals surface area contributed by atoms with E-state index in [1.807, 2.05) is 0 Å². The third-order valence-electron chi connectivity index (χ3n) is 3.74. The minimum Gasteiger partial charge on any atom is -0.449 e. The summed E-state index contributed by atoms with van der Waals surface area (Å²) in [5, 5.41) is 6.10. The highest BCUT2D eigenvalue weighted by Crippen LogP contribution is 2.44. The third-order valence-corrected chi connectivity index (χ3v) is 3.74. The predicted molar refractivity (Wildman–Crippen MR) is 99.1 cm³/mol. The standard InChI is InChI=1S/C16H14B2N2O6/c1-7(21)11-6-10-12(25-15(22)19-17)8-4-2-3-5-9(8)13(14(10)24-11)26-16(23)20-18/h2-6H,17-18H2,1H3,(H,19,22)(H,20,23). The summed E-state index contributed by atoms with van der Waals surface area (Å²) in [6.45, 7) is 1.34. The van der Waals surface area contributed by atoms with Gasteiger partial charge < -0.3 is 24.3 Å². The molecule has 0 spiro atoms. The van der Waals surface area contributed by atoms with Crippen molar-refractivity contribution in [1.82, 2.24) is 10.5 Å². The number of hydrogen-bond donors (Lipinski definition) is 2. The molecule has 1 aromatic heterocycles. The molecule has 1 heterocycles. The van der Waals surface area contributed by atoms with Gasteiger partial charge in [-0.3, -0.25) is 4.79 Å². The molecule has 0 saturated heterocycles. The number of ether oxygens (including phenoxy) is 2. The lowest BCUT2D eigenvalue weighted by Gasteiger charge is -2.13. The van der Waals surface area contributed by atoms with Crippen molar-refractivity contribution in [2.75, 3.05) is 0 Å². The first kappa shape index (κ1) is 17.4. The Kier molecular flexibility index (Phi) is 4.57. The zero-order valence-electron chi connectivity index (χ0n) is 14.3. The second-order valence-corrected chi connectivity index (χ2v) is 5.39. The molecule has 0 radical (unpaired) electrons. The summed E-state index contributed by atoms with van der Waals surface area (Å²) in [6.07, 6.45) is -1.38. The lowest BCUT2D eigenvalue weighted by atomic mass is 10.1. The fraction of sp³-hybridized carbons (Fsp3) is 0.0625. The van der Waals surface area contributed by atoms with Gasteiger partial charge in [0.05, 0.1) is 5.39 Å². The Balaban J connectivity index is 2.40. The van der Waals surface area contributed by atoms with Gasteiger partial charge in [-0.1, -0.05) is 24.3 Å². The van der Waals surface area contributed by atoms with E-state index in [9.17, 15) is 14.4 Å². The molecule has 2 aromatic carbocycles. The van der Waals surface area contributed by atoms with Gasteiger partial charge in [0.25, 0.3) is 0 Å². The molecule has 3 aromatic rings. The molecular weight excluding hydrogens is 338 g/mol. The maximum Gasteiger partial charge on any atom is 0.400 e. The first-order valence-electron chi connectivity index (χ1n) is 7.74. The van der Waals surface area contributed by atoms with Crippen LogP contribution in [0.2, 0.25) is 0 Å². The van der Waals surface area contributed by atoms with Crippen molar-refractivity contribution in [3.63, 3.8) is 0 Å². The molecule has 0 unspecified atom stereocenters. The molecule has 0 aliphatic carbocycles. The lowest BCUT2D eigenvalue weighted by Crippen LogP contribution is -2.24. The van der Waals surface area contributed by atoms with Gasteiger partial charge in [-0.25, -0.2) is 9.59 Å². The van der Waals surface area contributed by atoms with Crippen molar-refractivity contribution in [1.29, 1.82) is 0 Å². The molecule has 0 atom stereocenters. The summed E-state index contributed by atoms with van der Waals surface area (Å²) in [5.74, 6) is 0.0722. The van der Waals surface area contributed by atoms with E-state index in [-0.39, 0.29) is 28.6 Å². The van der Waals surface area contributed by atoms with Gasteiger partial charge in [0.2, 0.25) is 16.0 Å². The van der Waals surface area contributed by atoms with E-state index in [0.29, 0.717) is 16.2 Å². The zero-order valence-corrected chi connectivity index (χ0v) is 14.3. The van der Waals surface area contributed by atoms with Crippen LogP contribution >= 0.6 is 0 Å². The van der Waals surface area contributed by atoms with E-state index >= 15 is 0 Å². The molecule has 8 nitrogen and oxygen atoms in total. The minimum atomic E-state index is -0.697. The molecule has 0 aliphatic heterocycles. The quantitative estimate of drug-likeness (QED) is 0.539. The predicted octanol–water partition coefficient (Wildman–Crippen LogP) is 1.06. The fourth-order valence-corrected chi connectivity index (χ4v) is 2.55. The van der Waals surface area contributed by atoms with E-state index in [1.165, 1.54) is 29.0 Å². The van der Waals surface area contributed by atoms with Crippen molar-refractivity contribution < 1.29 is 28.3 Å². The van der Waals surface area contributed by atoms with Crippen LogP contribution in [0.25, 0.3) is 21.7 Å². The first-order chi connectivity index (χ1) is 12.5. The molecule has 2 amide bonds. The molecule has 0 saturated carbocycles. The van der Waals surface area contributed by atoms with Crippen molar-refractivity contribution in [3.8, 4) is 11.5 Å². The van der Waals surface area contributed by atoms with Crippen LogP contribution < -0.4 is 19.9 Å². The normalized spacial score (nSPS) is 10.5. The van der Waals surface area contributed by atoms with Crippen molar-refractivity contribution >= 4 is 55.7 Å². The first-order valence-corrected chi connectivity index (χ1v) is 7.74. The number of carbonyl (C=O) groups is 3. The molecule has 0 aliphatic rings. The van der Waals surface area contributed by atoms with E-state index < -0.39 is 12.2 Å². The summed E-state index contributed by atoms with van der Waals surface area (Å²) in [4.78, 5) is 35.3. The molecular formula is C16H14B2N2O6. The number of fused-ring (bicyclic) bond motifs is 2. The SMILES string of the molecule is BNC(=O)Oc1c2ccccc2c(OC(=O)NB)c2oc(C(C)=O)cc12. The summed E-state index contributed by atoms with van der Waals surface area (Å²) < 4.78 is 16.4. The Bertz CT molecular complexity index is 972. The van der Waals surface area contributed by atoms with Crippen LogP contribution in [0.1, 0.15) is 17.5 Å². The summed E-state index contributed by atoms with van der Waals surface area (Å²) in [5.41, 5.74) is 0.136. The lowest BCUT2D eigenvalue weighted by molar-refractivity contribution is 0.0989. The minimum absolute atomic E-state index is 0.0545. The van der Waals surface area contributed by atoms with Gasteiger partial charge in [0.15, 0.2) is 28.6 Å². The molecule has 26 heavy (non-hydrogen) atoms. The summed E-state index contributed by atoms with van der Waals surface area (Å²) in [7, 11) is 2.86. The zero-order chi connectivity index (χ0) is 18.8. The van der Waals surface area contributed by atoms with Crippen LogP contribution in [0.4, 0.5) is 9.59 Å². The largest absolute Gasteiger partial charge is 0.449 e. The third kappa shape index (κ3) is 2.97. The number of amides is 2. The number of Topliss-reactive ketones (excluding diaryl/α,β-unsaturated/α-hetero) is 1. The van der Waals surface area contributed by atoms with Crippen LogP contribution in [-0.4, -0.2) is 33.9 Å². The van der Waals surface area contributed by atoms with Crippen LogP contribution in [0.5, 0.6) is 11.5 Å². The molecule has 3 rings (SSSR count). The van der Waals surface area contributed by atoms with E-state index in [0.717, 1.165) is 0 Å². The van der Waals surface area contributed by atoms with E-state index in [4.69, 9.17) is 13.9 Å². The number of ketones is 1. The van der Waals surface area contributed by atoms with Gasteiger partial charge in [-0.15, -0.1) is 0 Å². The number of furan rings is 1. The van der Waals surface area contributed by atoms with Crippen LogP contribution in [-0.2, 0) is 0 Å². The average molecular weight is 352 g/mol. The summed E-state index contributed by atoms with van der Waals surface area (Å²) >= 11 is 0. The summed E-state index contributed by atoms with van der Waals surface area (Å²) in [6, 6.07) is 8.35. The number of carbonyl (C=O) groups excluding carboxylic acids is 3. The number of benzene rings is 2. The number of rotatable bonds is 3. The Morgan fingerprint density at radius 1 is 0.923 bits per heavy atom. The molecule has 0 bridgehead atoms. The maximum atomic E-state index is 11.8. The number of hydrogen-bond acceptors (Lipinski definition) is 6. The van der Waals surface area contributed by atoms with Crippen LogP contribution in [0, 0.1) is 0 Å². The second-order valence-electron chi connectivity index (χ2n) is 5.39. The molecule has 0 fully saturated rings. The smallest absolute Gasteiger partial charge is 0.400 e. The highest BCUT2D eigenvalue weighted by Gasteiger charge is 2.24. The topological polar surface area (TPSA) is 107 Å². The van der Waals surface area contributed by atoms with Crippen LogP contribution in [0.3, 0.4) is 0 Å². The van der Waals surface area contributed by atoms with Crippen molar-refractivity contribution in [3.05, 3.63) is 36.1 Å². The van der Waals surface area contributed by atoms with E-state index in [2.05, 4.69) is 10.5 Å². The van der Waals surface area contributed by atoms with E-state index in [1.54, 1.807) is 24.3 Å². The Morgan fingerprint density at radius 2 is 1.46 bits per heavy atom.